The number of aliphatic hydroxyl groups excluding tert-OH is 3. The predicted octanol–water partition coefficient (Wildman–Crippen LogP) is 2.84. The molecule has 2 aromatic rings. The van der Waals surface area contributed by atoms with Gasteiger partial charge in [0.1, 0.15) is 41.4 Å². The third-order valence-corrected chi connectivity index (χ3v) is 6.91. The normalized spacial score (nSPS) is 28.4. The van der Waals surface area contributed by atoms with Gasteiger partial charge in [-0.05, 0) is 66.0 Å². The van der Waals surface area contributed by atoms with Crippen molar-refractivity contribution in [2.45, 2.75) is 55.5 Å². The number of benzene rings is 2. The minimum Gasteiger partial charge on any atom is -0.496 e. The van der Waals surface area contributed by atoms with E-state index in [9.17, 15) is 15.3 Å². The minimum atomic E-state index is -1.27. The maximum Gasteiger partial charge on any atom is 0.132 e. The quantitative estimate of drug-likeness (QED) is 0.651. The predicted molar refractivity (Wildman–Crippen MR) is 120 cm³/mol. The zero-order chi connectivity index (χ0) is 22.0. The molecule has 0 unspecified atom stereocenters. The van der Waals surface area contributed by atoms with Gasteiger partial charge < -0.3 is 29.5 Å². The molecule has 0 aromatic heterocycles. The van der Waals surface area contributed by atoms with Crippen molar-refractivity contribution in [1.82, 2.24) is 0 Å². The molecule has 0 amide bonds. The van der Waals surface area contributed by atoms with Crippen molar-refractivity contribution in [3.63, 3.8) is 0 Å². The molecule has 4 rings (SSSR count). The highest BCUT2D eigenvalue weighted by atomic mass is 32.2. The van der Waals surface area contributed by atoms with Gasteiger partial charge in [0.05, 0.1) is 13.7 Å². The summed E-state index contributed by atoms with van der Waals surface area (Å²) in [6, 6.07) is 12.0. The molecule has 31 heavy (non-hydrogen) atoms. The molecule has 2 aromatic carbocycles. The van der Waals surface area contributed by atoms with Crippen LogP contribution in [0.4, 0.5) is 0 Å². The van der Waals surface area contributed by atoms with Crippen LogP contribution < -0.4 is 9.47 Å². The number of thioether (sulfide) groups is 1. The van der Waals surface area contributed by atoms with Gasteiger partial charge in [0.2, 0.25) is 0 Å². The second-order valence-corrected chi connectivity index (χ2v) is 9.06. The average Bonchev–Trinajstić information content (AvgIpc) is 3.03. The maximum atomic E-state index is 10.6. The molecular weight excluding hydrogens is 416 g/mol. The summed E-state index contributed by atoms with van der Waals surface area (Å²) in [5, 5.41) is 31.0. The first-order valence-corrected chi connectivity index (χ1v) is 11.9. The summed E-state index contributed by atoms with van der Waals surface area (Å²) in [6.45, 7) is 0.767. The summed E-state index contributed by atoms with van der Waals surface area (Å²) in [7, 11) is 1.64. The van der Waals surface area contributed by atoms with Gasteiger partial charge in [0.25, 0.3) is 0 Å². The van der Waals surface area contributed by atoms with Crippen molar-refractivity contribution in [2.75, 3.05) is 20.0 Å². The second-order valence-electron chi connectivity index (χ2n) is 8.13. The molecule has 0 radical (unpaired) electrons. The standard InChI is InChI=1S/C24H30O6S/c1-28-18-9-7-16(23-21(26)20(25)22(27)24(30-23)31-2)13-17(18)12-14-6-8-19-15(11-14)5-3-4-10-29-19/h6-9,11,13,20-27H,3-5,10,12H2,1-2H3/t20-,21-,22+,23+,24-/m1/s1. The van der Waals surface area contributed by atoms with E-state index in [0.29, 0.717) is 6.42 Å². The van der Waals surface area contributed by atoms with Crippen LogP contribution >= 0.6 is 11.8 Å². The minimum absolute atomic E-state index is 0.612. The van der Waals surface area contributed by atoms with E-state index in [1.807, 2.05) is 24.3 Å². The Kier molecular flexibility index (Phi) is 7.08. The van der Waals surface area contributed by atoms with Gasteiger partial charge in [-0.3, -0.25) is 0 Å². The third-order valence-electron chi connectivity index (χ3n) is 6.05. The van der Waals surface area contributed by atoms with E-state index in [0.717, 1.165) is 54.1 Å². The molecule has 2 heterocycles. The molecular formula is C24H30O6S. The van der Waals surface area contributed by atoms with E-state index >= 15 is 0 Å². The van der Waals surface area contributed by atoms with Crippen LogP contribution in [0.1, 0.15) is 41.2 Å². The zero-order valence-corrected chi connectivity index (χ0v) is 18.7. The van der Waals surface area contributed by atoms with Crippen LogP contribution in [0.2, 0.25) is 0 Å². The highest BCUT2D eigenvalue weighted by Crippen LogP contribution is 2.37. The fourth-order valence-corrected chi connectivity index (χ4v) is 5.00. The smallest absolute Gasteiger partial charge is 0.132 e. The number of hydrogen-bond acceptors (Lipinski definition) is 7. The van der Waals surface area contributed by atoms with E-state index < -0.39 is 29.9 Å². The van der Waals surface area contributed by atoms with Gasteiger partial charge in [-0.1, -0.05) is 18.2 Å². The summed E-state index contributed by atoms with van der Waals surface area (Å²) in [5.41, 5.74) is 3.48. The molecule has 6 nitrogen and oxygen atoms in total. The molecule has 0 spiro atoms. The van der Waals surface area contributed by atoms with Crippen molar-refractivity contribution in [2.24, 2.45) is 0 Å². The number of hydrogen-bond donors (Lipinski definition) is 3. The van der Waals surface area contributed by atoms with Crippen molar-refractivity contribution < 1.29 is 29.5 Å². The summed E-state index contributed by atoms with van der Waals surface area (Å²) < 4.78 is 17.3. The summed E-state index contributed by atoms with van der Waals surface area (Å²) >= 11 is 1.31. The average molecular weight is 447 g/mol. The van der Waals surface area contributed by atoms with E-state index in [4.69, 9.17) is 14.2 Å². The Morgan fingerprint density at radius 2 is 1.87 bits per heavy atom. The van der Waals surface area contributed by atoms with Crippen LogP contribution in [0, 0.1) is 0 Å². The fourth-order valence-electron chi connectivity index (χ4n) is 4.33. The molecule has 1 saturated heterocycles. The Labute approximate surface area is 187 Å². The number of aryl methyl sites for hydroxylation is 1. The third kappa shape index (κ3) is 4.71. The number of methoxy groups -OCH3 is 1. The van der Waals surface area contributed by atoms with Crippen molar-refractivity contribution in [3.05, 3.63) is 58.7 Å². The Balaban J connectivity index is 1.62. The Bertz CT molecular complexity index is 902. The summed E-state index contributed by atoms with van der Waals surface area (Å²) in [4.78, 5) is 0. The number of ether oxygens (including phenoxy) is 3. The van der Waals surface area contributed by atoms with E-state index in [1.54, 1.807) is 13.4 Å². The number of rotatable bonds is 5. The maximum absolute atomic E-state index is 10.6. The number of fused-ring (bicyclic) bond motifs is 1. The van der Waals surface area contributed by atoms with Crippen LogP contribution in [0.3, 0.4) is 0 Å². The van der Waals surface area contributed by atoms with Crippen LogP contribution in [0.25, 0.3) is 0 Å². The second kappa shape index (κ2) is 9.79. The lowest BCUT2D eigenvalue weighted by Crippen LogP contribution is -2.52. The topological polar surface area (TPSA) is 88.4 Å². The van der Waals surface area contributed by atoms with Gasteiger partial charge >= 0.3 is 0 Å². The van der Waals surface area contributed by atoms with Crippen LogP contribution in [0.5, 0.6) is 11.5 Å². The van der Waals surface area contributed by atoms with Gasteiger partial charge in [-0.15, -0.1) is 11.8 Å². The van der Waals surface area contributed by atoms with Crippen molar-refractivity contribution >= 4 is 11.8 Å². The lowest BCUT2D eigenvalue weighted by Gasteiger charge is -2.40. The molecule has 0 bridgehead atoms. The SMILES string of the molecule is COc1ccc([C@@H]2O[C@H](SC)[C@@H](O)[C@H](O)[C@H]2O)cc1Cc1ccc2c(c1)CCCCO2. The van der Waals surface area contributed by atoms with E-state index in [2.05, 4.69) is 12.1 Å². The van der Waals surface area contributed by atoms with Gasteiger partial charge in [0, 0.05) is 6.42 Å². The molecule has 2 aliphatic rings. The van der Waals surface area contributed by atoms with E-state index in [1.165, 1.54) is 17.3 Å². The Morgan fingerprint density at radius 3 is 2.65 bits per heavy atom. The molecule has 0 aliphatic carbocycles. The highest BCUT2D eigenvalue weighted by Gasteiger charge is 2.44. The lowest BCUT2D eigenvalue weighted by atomic mass is 9.92. The molecule has 3 N–H and O–H groups in total. The molecule has 1 fully saturated rings. The van der Waals surface area contributed by atoms with Crippen molar-refractivity contribution in [1.29, 1.82) is 0 Å². The monoisotopic (exact) mass is 446 g/mol. The zero-order valence-electron chi connectivity index (χ0n) is 17.9. The largest absolute Gasteiger partial charge is 0.496 e. The Hall–Kier alpha value is -1.77. The van der Waals surface area contributed by atoms with Crippen LogP contribution in [-0.4, -0.2) is 59.0 Å². The van der Waals surface area contributed by atoms with Crippen LogP contribution in [-0.2, 0) is 17.6 Å². The number of aliphatic hydroxyl groups is 3. The Morgan fingerprint density at radius 1 is 1.03 bits per heavy atom. The summed E-state index contributed by atoms with van der Waals surface area (Å²) in [6.07, 6.45) is 1.30. The summed E-state index contributed by atoms with van der Waals surface area (Å²) in [5.74, 6) is 1.72. The first kappa shape index (κ1) is 22.4. The van der Waals surface area contributed by atoms with Gasteiger partial charge in [0.15, 0.2) is 0 Å². The lowest BCUT2D eigenvalue weighted by molar-refractivity contribution is -0.200. The van der Waals surface area contributed by atoms with Gasteiger partial charge in [-0.2, -0.15) is 0 Å². The molecule has 5 atom stereocenters. The molecule has 168 valence electrons. The van der Waals surface area contributed by atoms with Gasteiger partial charge in [-0.25, -0.2) is 0 Å². The molecule has 2 aliphatic heterocycles. The van der Waals surface area contributed by atoms with Crippen molar-refractivity contribution in [3.8, 4) is 11.5 Å². The highest BCUT2D eigenvalue weighted by molar-refractivity contribution is 7.99. The van der Waals surface area contributed by atoms with Crippen LogP contribution in [0.15, 0.2) is 36.4 Å². The first-order chi connectivity index (χ1) is 15.0. The first-order valence-electron chi connectivity index (χ1n) is 10.7. The van der Waals surface area contributed by atoms with E-state index in [-0.39, 0.29) is 0 Å². The fraction of sp³-hybridized carbons (Fsp3) is 0.500. The molecule has 7 heteroatoms. The molecule has 0 saturated carbocycles.